The van der Waals surface area contributed by atoms with E-state index >= 15 is 0 Å². The van der Waals surface area contributed by atoms with Crippen LogP contribution < -0.4 is 0 Å². The Labute approximate surface area is 142 Å². The summed E-state index contributed by atoms with van der Waals surface area (Å²) in [6, 6.07) is 25.7. The predicted octanol–water partition coefficient (Wildman–Crippen LogP) is 4.00. The Bertz CT molecular complexity index is 718. The van der Waals surface area contributed by atoms with Gasteiger partial charge < -0.3 is 4.74 Å². The van der Waals surface area contributed by atoms with Gasteiger partial charge in [-0.3, -0.25) is 9.78 Å². The Hall–Kier alpha value is -2.94. The van der Waals surface area contributed by atoms with Gasteiger partial charge >= 0.3 is 5.97 Å². The molecule has 1 aromatic heterocycles. The van der Waals surface area contributed by atoms with Crippen molar-refractivity contribution in [2.75, 3.05) is 6.61 Å². The van der Waals surface area contributed by atoms with E-state index in [0.717, 1.165) is 16.8 Å². The fraction of sp³-hybridized carbons (Fsp3) is 0.143. The molecule has 0 saturated heterocycles. The van der Waals surface area contributed by atoms with Crippen LogP contribution in [-0.4, -0.2) is 17.6 Å². The van der Waals surface area contributed by atoms with Crippen LogP contribution >= 0.6 is 0 Å². The number of carbonyl (C=O) groups excluding carboxylic acids is 1. The minimum atomic E-state index is -0.259. The smallest absolute Gasteiger partial charge is 0.311 e. The van der Waals surface area contributed by atoms with Crippen LogP contribution in [0.3, 0.4) is 0 Å². The van der Waals surface area contributed by atoms with Gasteiger partial charge in [0, 0.05) is 12.1 Å². The van der Waals surface area contributed by atoms with Gasteiger partial charge in [0.1, 0.15) is 6.61 Å². The topological polar surface area (TPSA) is 39.2 Å². The van der Waals surface area contributed by atoms with Crippen LogP contribution in [0.1, 0.15) is 22.7 Å². The molecule has 0 radical (unpaired) electrons. The van der Waals surface area contributed by atoms with Gasteiger partial charge in [-0.2, -0.15) is 0 Å². The third-order valence-corrected chi connectivity index (χ3v) is 3.87. The van der Waals surface area contributed by atoms with Crippen LogP contribution in [-0.2, 0) is 16.0 Å². The Morgan fingerprint density at radius 2 is 1.42 bits per heavy atom. The molecule has 0 fully saturated rings. The molecule has 0 saturated carbocycles. The first-order valence-corrected chi connectivity index (χ1v) is 7.98. The van der Waals surface area contributed by atoms with Gasteiger partial charge in [0.15, 0.2) is 0 Å². The van der Waals surface area contributed by atoms with Crippen LogP contribution in [0.25, 0.3) is 0 Å². The van der Waals surface area contributed by atoms with Gasteiger partial charge in [-0.05, 0) is 23.3 Å². The van der Waals surface area contributed by atoms with Crippen LogP contribution in [0.2, 0.25) is 0 Å². The van der Waals surface area contributed by atoms with E-state index in [-0.39, 0.29) is 18.3 Å². The molecule has 0 amide bonds. The molecule has 0 atom stereocenters. The quantitative estimate of drug-likeness (QED) is 0.645. The summed E-state index contributed by atoms with van der Waals surface area (Å²) in [4.78, 5) is 16.3. The Morgan fingerprint density at radius 3 is 1.96 bits per heavy atom. The fourth-order valence-corrected chi connectivity index (χ4v) is 2.63. The number of benzene rings is 2. The zero-order valence-electron chi connectivity index (χ0n) is 13.3. The lowest BCUT2D eigenvalue weighted by Crippen LogP contribution is -2.16. The van der Waals surface area contributed by atoms with Gasteiger partial charge in [0.25, 0.3) is 0 Å². The summed E-state index contributed by atoms with van der Waals surface area (Å²) >= 11 is 0. The molecule has 2 aromatic carbocycles. The molecule has 0 aliphatic carbocycles. The van der Waals surface area contributed by atoms with Crippen molar-refractivity contribution in [3.63, 3.8) is 0 Å². The highest BCUT2D eigenvalue weighted by Gasteiger charge is 2.16. The van der Waals surface area contributed by atoms with Crippen molar-refractivity contribution in [1.82, 2.24) is 4.98 Å². The lowest BCUT2D eigenvalue weighted by atomic mass is 9.92. The number of ether oxygens (including phenoxy) is 1. The molecule has 3 nitrogen and oxygen atoms in total. The van der Waals surface area contributed by atoms with E-state index in [1.165, 1.54) is 0 Å². The first-order valence-electron chi connectivity index (χ1n) is 7.98. The summed E-state index contributed by atoms with van der Waals surface area (Å²) in [6.07, 6.45) is 1.87. The van der Waals surface area contributed by atoms with Gasteiger partial charge in [-0.15, -0.1) is 0 Å². The second-order valence-electron chi connectivity index (χ2n) is 5.55. The molecule has 120 valence electrons. The highest BCUT2D eigenvalue weighted by molar-refractivity contribution is 5.72. The van der Waals surface area contributed by atoms with E-state index in [0.29, 0.717) is 6.61 Å². The fourth-order valence-electron chi connectivity index (χ4n) is 2.63. The van der Waals surface area contributed by atoms with Crippen LogP contribution in [0, 0.1) is 0 Å². The average molecular weight is 317 g/mol. The summed E-state index contributed by atoms with van der Waals surface area (Å²) in [5.41, 5.74) is 2.99. The Kier molecular flexibility index (Phi) is 5.36. The highest BCUT2D eigenvalue weighted by Crippen LogP contribution is 2.24. The van der Waals surface area contributed by atoms with Gasteiger partial charge in [-0.25, -0.2) is 0 Å². The number of aromatic nitrogens is 1. The number of rotatable bonds is 6. The SMILES string of the molecule is O=C(Cc1ccccn1)OCC(c1ccccc1)c1ccccc1. The molecule has 3 rings (SSSR count). The zero-order chi connectivity index (χ0) is 16.6. The van der Waals surface area contributed by atoms with Crippen molar-refractivity contribution in [3.05, 3.63) is 102 Å². The first-order chi connectivity index (χ1) is 11.8. The number of esters is 1. The molecule has 0 spiro atoms. The number of nitrogens with zero attached hydrogens (tertiary/aromatic N) is 1. The van der Waals surface area contributed by atoms with Crippen LogP contribution in [0.15, 0.2) is 85.1 Å². The van der Waals surface area contributed by atoms with E-state index in [9.17, 15) is 4.79 Å². The normalized spacial score (nSPS) is 10.5. The lowest BCUT2D eigenvalue weighted by Gasteiger charge is -2.18. The molecular weight excluding hydrogens is 298 g/mol. The van der Waals surface area contributed by atoms with E-state index < -0.39 is 0 Å². The van der Waals surface area contributed by atoms with E-state index in [4.69, 9.17) is 4.74 Å². The number of pyridine rings is 1. The zero-order valence-corrected chi connectivity index (χ0v) is 13.3. The molecule has 0 bridgehead atoms. The number of hydrogen-bond acceptors (Lipinski definition) is 3. The lowest BCUT2D eigenvalue weighted by molar-refractivity contribution is -0.143. The Balaban J connectivity index is 1.70. The van der Waals surface area contributed by atoms with E-state index in [1.54, 1.807) is 6.20 Å². The summed E-state index contributed by atoms with van der Waals surface area (Å²) in [5.74, 6) is -0.231. The third-order valence-electron chi connectivity index (χ3n) is 3.87. The summed E-state index contributed by atoms with van der Waals surface area (Å²) < 4.78 is 5.54. The molecule has 0 N–H and O–H groups in total. The monoisotopic (exact) mass is 317 g/mol. The summed E-state index contributed by atoms with van der Waals surface area (Å²) in [7, 11) is 0. The first kappa shape index (κ1) is 15.9. The van der Waals surface area contributed by atoms with Crippen molar-refractivity contribution in [1.29, 1.82) is 0 Å². The molecule has 1 heterocycles. The number of hydrogen-bond donors (Lipinski definition) is 0. The largest absolute Gasteiger partial charge is 0.464 e. The summed E-state index contributed by atoms with van der Waals surface area (Å²) in [5, 5.41) is 0. The maximum atomic E-state index is 12.1. The summed E-state index contributed by atoms with van der Waals surface area (Å²) in [6.45, 7) is 0.319. The molecule has 24 heavy (non-hydrogen) atoms. The molecular formula is C21H19NO2. The Morgan fingerprint density at radius 1 is 0.833 bits per heavy atom. The molecule has 0 aliphatic rings. The molecule has 0 aliphatic heterocycles. The van der Waals surface area contributed by atoms with Gasteiger partial charge in [0.05, 0.1) is 12.1 Å². The van der Waals surface area contributed by atoms with Crippen molar-refractivity contribution in [3.8, 4) is 0 Å². The highest BCUT2D eigenvalue weighted by atomic mass is 16.5. The van der Waals surface area contributed by atoms with Gasteiger partial charge in [-0.1, -0.05) is 66.7 Å². The maximum absolute atomic E-state index is 12.1. The molecule has 0 unspecified atom stereocenters. The number of carbonyl (C=O) groups is 1. The van der Waals surface area contributed by atoms with E-state index in [1.807, 2.05) is 54.6 Å². The van der Waals surface area contributed by atoms with Crippen LogP contribution in [0.4, 0.5) is 0 Å². The minimum Gasteiger partial charge on any atom is -0.464 e. The van der Waals surface area contributed by atoms with Crippen molar-refractivity contribution in [2.45, 2.75) is 12.3 Å². The van der Waals surface area contributed by atoms with Crippen molar-refractivity contribution < 1.29 is 9.53 Å². The third kappa shape index (κ3) is 4.29. The minimum absolute atomic E-state index is 0.0279. The second kappa shape index (κ2) is 8.06. The predicted molar refractivity (Wildman–Crippen MR) is 93.6 cm³/mol. The average Bonchev–Trinajstić information content (AvgIpc) is 2.64. The van der Waals surface area contributed by atoms with Crippen LogP contribution in [0.5, 0.6) is 0 Å². The second-order valence-corrected chi connectivity index (χ2v) is 5.55. The van der Waals surface area contributed by atoms with Crippen molar-refractivity contribution >= 4 is 5.97 Å². The van der Waals surface area contributed by atoms with Crippen molar-refractivity contribution in [2.24, 2.45) is 0 Å². The maximum Gasteiger partial charge on any atom is 0.311 e. The van der Waals surface area contributed by atoms with E-state index in [2.05, 4.69) is 29.2 Å². The standard InChI is InChI=1S/C21H19NO2/c23-21(15-19-13-7-8-14-22-19)24-16-20(17-9-3-1-4-10-17)18-11-5-2-6-12-18/h1-14,20H,15-16H2. The molecule has 3 heteroatoms. The van der Waals surface area contributed by atoms with Gasteiger partial charge in [0.2, 0.25) is 0 Å². The molecule has 3 aromatic rings.